The van der Waals surface area contributed by atoms with Gasteiger partial charge in [-0.2, -0.15) is 4.31 Å². The van der Waals surface area contributed by atoms with Crippen LogP contribution in [0.25, 0.3) is 0 Å². The van der Waals surface area contributed by atoms with Gasteiger partial charge in [-0.05, 0) is 47.7 Å². The second kappa shape index (κ2) is 7.07. The summed E-state index contributed by atoms with van der Waals surface area (Å²) in [6.07, 6.45) is 5.27. The van der Waals surface area contributed by atoms with Gasteiger partial charge in [-0.15, -0.1) is 0 Å². The van der Waals surface area contributed by atoms with Crippen LogP contribution in [0.15, 0.2) is 21.6 Å². The van der Waals surface area contributed by atoms with Crippen LogP contribution in [0.3, 0.4) is 0 Å². The molecule has 2 rings (SSSR count). The summed E-state index contributed by atoms with van der Waals surface area (Å²) in [6, 6.07) is 1.80. The van der Waals surface area contributed by atoms with Gasteiger partial charge in [0, 0.05) is 29.8 Å². The number of hydrogen-bond donors (Lipinski definition) is 1. The molecule has 0 radical (unpaired) electrons. The Morgan fingerprint density at radius 2 is 2.10 bits per heavy atom. The zero-order chi connectivity index (χ0) is 15.5. The highest BCUT2D eigenvalue weighted by Gasteiger charge is 2.38. The molecule has 0 aromatic carbocycles. The second-order valence-corrected chi connectivity index (χ2v) is 8.05. The first kappa shape index (κ1) is 16.7. The van der Waals surface area contributed by atoms with Crippen LogP contribution in [0.1, 0.15) is 39.5 Å². The van der Waals surface area contributed by atoms with E-state index in [1.54, 1.807) is 16.6 Å². The lowest BCUT2D eigenvalue weighted by molar-refractivity contribution is 0.403. The largest absolute Gasteiger partial charge is 0.369 e. The number of anilines is 1. The van der Waals surface area contributed by atoms with Crippen molar-refractivity contribution >= 4 is 31.8 Å². The van der Waals surface area contributed by atoms with Crippen LogP contribution in [-0.2, 0) is 10.0 Å². The third-order valence-corrected chi connectivity index (χ3v) is 5.75. The van der Waals surface area contributed by atoms with Crippen molar-refractivity contribution < 1.29 is 8.42 Å². The van der Waals surface area contributed by atoms with Crippen LogP contribution in [0.5, 0.6) is 0 Å². The SMILES string of the molecule is CCCNc1ncc(Br)cc1S(=O)(=O)N(CCC)C1CC1. The molecule has 1 aromatic heterocycles. The molecule has 0 spiro atoms. The number of halogens is 1. The fourth-order valence-corrected chi connectivity index (χ4v) is 4.61. The van der Waals surface area contributed by atoms with E-state index in [-0.39, 0.29) is 10.9 Å². The Morgan fingerprint density at radius 1 is 1.38 bits per heavy atom. The van der Waals surface area contributed by atoms with E-state index in [1.807, 2.05) is 13.8 Å². The predicted octanol–water partition coefficient (Wildman–Crippen LogP) is 3.23. The van der Waals surface area contributed by atoms with E-state index in [2.05, 4.69) is 26.2 Å². The van der Waals surface area contributed by atoms with Gasteiger partial charge < -0.3 is 5.32 Å². The molecule has 7 heteroatoms. The first-order chi connectivity index (χ1) is 10.0. The molecule has 21 heavy (non-hydrogen) atoms. The molecule has 1 N–H and O–H groups in total. The second-order valence-electron chi connectivity index (χ2n) is 5.27. The number of pyridine rings is 1. The van der Waals surface area contributed by atoms with Gasteiger partial charge in [-0.1, -0.05) is 13.8 Å². The molecule has 1 heterocycles. The van der Waals surface area contributed by atoms with Crippen LogP contribution in [0.2, 0.25) is 0 Å². The van der Waals surface area contributed by atoms with Crippen LogP contribution >= 0.6 is 15.9 Å². The maximum absolute atomic E-state index is 13.0. The third-order valence-electron chi connectivity index (χ3n) is 3.35. The molecule has 5 nitrogen and oxygen atoms in total. The number of sulfonamides is 1. The minimum atomic E-state index is -3.51. The summed E-state index contributed by atoms with van der Waals surface area (Å²) in [5, 5.41) is 3.11. The van der Waals surface area contributed by atoms with Crippen molar-refractivity contribution in [3.05, 3.63) is 16.7 Å². The van der Waals surface area contributed by atoms with E-state index < -0.39 is 10.0 Å². The maximum Gasteiger partial charge on any atom is 0.247 e. The van der Waals surface area contributed by atoms with E-state index in [9.17, 15) is 8.42 Å². The van der Waals surface area contributed by atoms with Gasteiger partial charge in [0.15, 0.2) is 0 Å². The summed E-state index contributed by atoms with van der Waals surface area (Å²) >= 11 is 3.32. The molecule has 1 fully saturated rings. The molecular formula is C14H22BrN3O2S. The first-order valence-electron chi connectivity index (χ1n) is 7.42. The molecule has 0 saturated heterocycles. The lowest BCUT2D eigenvalue weighted by atomic mass is 10.4. The molecule has 1 aliphatic rings. The highest BCUT2D eigenvalue weighted by Crippen LogP contribution is 2.34. The number of hydrogen-bond acceptors (Lipinski definition) is 4. The topological polar surface area (TPSA) is 62.3 Å². The molecule has 0 bridgehead atoms. The Morgan fingerprint density at radius 3 is 2.67 bits per heavy atom. The van der Waals surface area contributed by atoms with Gasteiger partial charge in [-0.3, -0.25) is 0 Å². The normalized spacial score (nSPS) is 15.4. The van der Waals surface area contributed by atoms with Crippen molar-refractivity contribution in [2.45, 2.75) is 50.5 Å². The van der Waals surface area contributed by atoms with Crippen molar-refractivity contribution in [1.82, 2.24) is 9.29 Å². The Labute approximate surface area is 135 Å². The maximum atomic E-state index is 13.0. The monoisotopic (exact) mass is 375 g/mol. The molecular weight excluding hydrogens is 354 g/mol. The average Bonchev–Trinajstić information content (AvgIpc) is 3.27. The van der Waals surface area contributed by atoms with Crippen LogP contribution in [0.4, 0.5) is 5.82 Å². The zero-order valence-electron chi connectivity index (χ0n) is 12.5. The summed E-state index contributed by atoms with van der Waals surface area (Å²) < 4.78 is 28.2. The van der Waals surface area contributed by atoms with Gasteiger partial charge in [0.25, 0.3) is 0 Å². The van der Waals surface area contributed by atoms with Crippen molar-refractivity contribution in [3.63, 3.8) is 0 Å². The molecule has 1 aromatic rings. The quantitative estimate of drug-likeness (QED) is 0.757. The van der Waals surface area contributed by atoms with Crippen molar-refractivity contribution in [2.75, 3.05) is 18.4 Å². The fourth-order valence-electron chi connectivity index (χ4n) is 2.20. The number of nitrogens with zero attached hydrogens (tertiary/aromatic N) is 2. The van der Waals surface area contributed by atoms with E-state index >= 15 is 0 Å². The van der Waals surface area contributed by atoms with Crippen molar-refractivity contribution in [3.8, 4) is 0 Å². The standard InChI is InChI=1S/C14H22BrN3O2S/c1-3-7-16-14-13(9-11(15)10-17-14)21(19,20)18(8-4-2)12-5-6-12/h9-10,12H,3-8H2,1-2H3,(H,16,17). The summed E-state index contributed by atoms with van der Waals surface area (Å²) in [5.74, 6) is 0.446. The molecule has 0 aliphatic heterocycles. The molecule has 0 atom stereocenters. The Kier molecular flexibility index (Phi) is 5.62. The number of aromatic nitrogens is 1. The Bertz CT molecular complexity index is 588. The van der Waals surface area contributed by atoms with Gasteiger partial charge in [-0.25, -0.2) is 13.4 Å². The van der Waals surface area contributed by atoms with Crippen LogP contribution in [0, 0.1) is 0 Å². The fraction of sp³-hybridized carbons (Fsp3) is 0.643. The molecule has 1 saturated carbocycles. The third kappa shape index (κ3) is 3.96. The minimum Gasteiger partial charge on any atom is -0.369 e. The summed E-state index contributed by atoms with van der Waals surface area (Å²) in [6.45, 7) is 5.30. The van der Waals surface area contributed by atoms with Crippen molar-refractivity contribution in [2.24, 2.45) is 0 Å². The van der Waals surface area contributed by atoms with Gasteiger partial charge >= 0.3 is 0 Å². The Balaban J connectivity index is 2.39. The van der Waals surface area contributed by atoms with Gasteiger partial charge in [0.05, 0.1) is 0 Å². The molecule has 118 valence electrons. The van der Waals surface area contributed by atoms with E-state index in [4.69, 9.17) is 0 Å². The van der Waals surface area contributed by atoms with E-state index in [0.717, 1.165) is 25.7 Å². The summed E-state index contributed by atoms with van der Waals surface area (Å²) in [4.78, 5) is 4.51. The van der Waals surface area contributed by atoms with Crippen LogP contribution < -0.4 is 5.32 Å². The smallest absolute Gasteiger partial charge is 0.247 e. The highest BCUT2D eigenvalue weighted by molar-refractivity contribution is 9.10. The lowest BCUT2D eigenvalue weighted by Crippen LogP contribution is -2.34. The number of nitrogens with one attached hydrogen (secondary N) is 1. The van der Waals surface area contributed by atoms with Crippen LogP contribution in [-0.4, -0.2) is 36.8 Å². The van der Waals surface area contributed by atoms with E-state index in [1.165, 1.54) is 0 Å². The van der Waals surface area contributed by atoms with Crippen molar-refractivity contribution in [1.29, 1.82) is 0 Å². The molecule has 0 unspecified atom stereocenters. The number of rotatable bonds is 8. The Hall–Kier alpha value is -0.660. The van der Waals surface area contributed by atoms with Gasteiger partial charge in [0.2, 0.25) is 10.0 Å². The summed E-state index contributed by atoms with van der Waals surface area (Å²) in [5.41, 5.74) is 0. The zero-order valence-corrected chi connectivity index (χ0v) is 14.9. The summed E-state index contributed by atoms with van der Waals surface area (Å²) in [7, 11) is -3.51. The minimum absolute atomic E-state index is 0.160. The first-order valence-corrected chi connectivity index (χ1v) is 9.65. The van der Waals surface area contributed by atoms with E-state index in [0.29, 0.717) is 23.4 Å². The molecule has 1 aliphatic carbocycles. The average molecular weight is 376 g/mol. The predicted molar refractivity (Wildman–Crippen MR) is 87.9 cm³/mol. The van der Waals surface area contributed by atoms with Gasteiger partial charge in [0.1, 0.15) is 10.7 Å². The lowest BCUT2D eigenvalue weighted by Gasteiger charge is -2.22. The highest BCUT2D eigenvalue weighted by atomic mass is 79.9. The molecule has 0 amide bonds.